The van der Waals surface area contributed by atoms with Gasteiger partial charge in [-0.3, -0.25) is 9.78 Å². The Balaban J connectivity index is 2.65. The number of carbonyl (C=O) groups is 1. The number of rotatable bonds is 7. The number of esters is 1. The van der Waals surface area contributed by atoms with Crippen LogP contribution in [0.4, 0.5) is 0 Å². The number of thioether (sulfide) groups is 1. The number of hydrogen-bond donors (Lipinski definition) is 1. The molecule has 0 aliphatic heterocycles. The molecule has 1 heterocycles. The van der Waals surface area contributed by atoms with Gasteiger partial charge in [0.15, 0.2) is 0 Å². The van der Waals surface area contributed by atoms with Crippen LogP contribution in [0.2, 0.25) is 0 Å². The van der Waals surface area contributed by atoms with Crippen LogP contribution in [-0.2, 0) is 9.53 Å². The summed E-state index contributed by atoms with van der Waals surface area (Å²) >= 11 is 1.62. The van der Waals surface area contributed by atoms with Gasteiger partial charge in [0.1, 0.15) is 5.54 Å². The molecule has 1 rings (SSSR count). The maximum absolute atomic E-state index is 12.0. The van der Waals surface area contributed by atoms with Crippen molar-refractivity contribution in [3.05, 3.63) is 24.5 Å². The Labute approximate surface area is 113 Å². The molecule has 0 aliphatic carbocycles. The molecular formula is C13H20N2O2S. The monoisotopic (exact) mass is 268 g/mol. The molecule has 1 aromatic heterocycles. The molecule has 0 amide bonds. The number of aromatic nitrogens is 1. The summed E-state index contributed by atoms with van der Waals surface area (Å²) in [7, 11) is 0. The molecule has 100 valence electrons. The number of nitrogens with one attached hydrogen (secondary N) is 1. The molecule has 0 spiro atoms. The highest BCUT2D eigenvalue weighted by molar-refractivity contribution is 7.99. The molecule has 0 aliphatic rings. The lowest BCUT2D eigenvalue weighted by Crippen LogP contribution is -2.52. The Morgan fingerprint density at radius 3 is 2.67 bits per heavy atom. The highest BCUT2D eigenvalue weighted by Gasteiger charge is 2.33. The van der Waals surface area contributed by atoms with Crippen molar-refractivity contribution in [1.82, 2.24) is 10.3 Å². The minimum absolute atomic E-state index is 0.201. The van der Waals surface area contributed by atoms with Gasteiger partial charge in [0, 0.05) is 23.0 Å². The fourth-order valence-corrected chi connectivity index (χ4v) is 2.51. The van der Waals surface area contributed by atoms with Gasteiger partial charge in [-0.25, -0.2) is 0 Å². The van der Waals surface area contributed by atoms with E-state index in [9.17, 15) is 4.79 Å². The normalized spacial score (nSPS) is 13.9. The smallest absolute Gasteiger partial charge is 0.326 e. The van der Waals surface area contributed by atoms with Gasteiger partial charge >= 0.3 is 5.97 Å². The van der Waals surface area contributed by atoms with Crippen LogP contribution in [0.3, 0.4) is 0 Å². The van der Waals surface area contributed by atoms with Crippen molar-refractivity contribution in [2.75, 3.05) is 18.9 Å². The average molecular weight is 268 g/mol. The fraction of sp³-hybridized carbons (Fsp3) is 0.538. The Morgan fingerprint density at radius 1 is 1.44 bits per heavy atom. The van der Waals surface area contributed by atoms with Crippen LogP contribution in [0.1, 0.15) is 20.8 Å². The van der Waals surface area contributed by atoms with E-state index in [1.807, 2.05) is 32.9 Å². The van der Waals surface area contributed by atoms with E-state index in [0.29, 0.717) is 12.4 Å². The molecule has 0 bridgehead atoms. The zero-order chi connectivity index (χ0) is 13.4. The molecule has 18 heavy (non-hydrogen) atoms. The summed E-state index contributed by atoms with van der Waals surface area (Å²) in [6.07, 6.45) is 3.49. The molecule has 5 heteroatoms. The third-order valence-electron chi connectivity index (χ3n) is 2.47. The molecule has 0 fully saturated rings. The van der Waals surface area contributed by atoms with Gasteiger partial charge in [-0.2, -0.15) is 0 Å². The Hall–Kier alpha value is -1.07. The summed E-state index contributed by atoms with van der Waals surface area (Å²) in [6, 6.07) is 3.87. The second kappa shape index (κ2) is 7.38. The number of likely N-dealkylation sites (N-methyl/N-ethyl adjacent to an activating group) is 1. The first-order valence-corrected chi connectivity index (χ1v) is 7.06. The van der Waals surface area contributed by atoms with Gasteiger partial charge in [-0.1, -0.05) is 6.92 Å². The van der Waals surface area contributed by atoms with Crippen molar-refractivity contribution in [1.29, 1.82) is 0 Å². The van der Waals surface area contributed by atoms with Gasteiger partial charge in [-0.15, -0.1) is 11.8 Å². The fourth-order valence-electron chi connectivity index (χ4n) is 1.52. The van der Waals surface area contributed by atoms with E-state index in [-0.39, 0.29) is 5.97 Å². The van der Waals surface area contributed by atoms with Crippen molar-refractivity contribution < 1.29 is 9.53 Å². The first-order valence-electron chi connectivity index (χ1n) is 6.07. The van der Waals surface area contributed by atoms with Gasteiger partial charge in [-0.05, 0) is 32.5 Å². The molecule has 0 aromatic carbocycles. The van der Waals surface area contributed by atoms with Crippen molar-refractivity contribution in [2.24, 2.45) is 0 Å². The summed E-state index contributed by atoms with van der Waals surface area (Å²) in [4.78, 5) is 17.0. The first-order chi connectivity index (χ1) is 8.62. The van der Waals surface area contributed by atoms with Crippen molar-refractivity contribution in [2.45, 2.75) is 31.2 Å². The van der Waals surface area contributed by atoms with Gasteiger partial charge < -0.3 is 10.1 Å². The number of carbonyl (C=O) groups excluding carboxylic acids is 1. The van der Waals surface area contributed by atoms with Crippen LogP contribution in [0.5, 0.6) is 0 Å². The van der Waals surface area contributed by atoms with Crippen LogP contribution in [0.15, 0.2) is 29.4 Å². The highest BCUT2D eigenvalue weighted by atomic mass is 32.2. The molecule has 1 aromatic rings. The van der Waals surface area contributed by atoms with E-state index in [2.05, 4.69) is 10.3 Å². The highest BCUT2D eigenvalue weighted by Crippen LogP contribution is 2.22. The largest absolute Gasteiger partial charge is 0.465 e. The topological polar surface area (TPSA) is 51.2 Å². The van der Waals surface area contributed by atoms with Crippen LogP contribution >= 0.6 is 11.8 Å². The summed E-state index contributed by atoms with van der Waals surface area (Å²) < 4.78 is 5.12. The zero-order valence-electron chi connectivity index (χ0n) is 11.1. The van der Waals surface area contributed by atoms with E-state index in [1.54, 1.807) is 24.2 Å². The lowest BCUT2D eigenvalue weighted by Gasteiger charge is -2.27. The molecule has 1 atom stereocenters. The number of hydrogen-bond acceptors (Lipinski definition) is 5. The van der Waals surface area contributed by atoms with Crippen LogP contribution in [-0.4, -0.2) is 35.4 Å². The lowest BCUT2D eigenvalue weighted by molar-refractivity contribution is -0.149. The van der Waals surface area contributed by atoms with E-state index < -0.39 is 5.54 Å². The van der Waals surface area contributed by atoms with Crippen LogP contribution in [0, 0.1) is 0 Å². The second-order valence-corrected chi connectivity index (χ2v) is 5.10. The van der Waals surface area contributed by atoms with Crippen LogP contribution in [0.25, 0.3) is 0 Å². The third kappa shape index (κ3) is 4.31. The quantitative estimate of drug-likeness (QED) is 0.606. The number of pyridine rings is 1. The second-order valence-electron chi connectivity index (χ2n) is 4.05. The van der Waals surface area contributed by atoms with Crippen LogP contribution < -0.4 is 5.32 Å². The van der Waals surface area contributed by atoms with Crippen molar-refractivity contribution in [3.8, 4) is 0 Å². The predicted molar refractivity (Wildman–Crippen MR) is 73.7 cm³/mol. The molecule has 0 saturated heterocycles. The Bertz CT molecular complexity index is 373. The molecular weight excluding hydrogens is 248 g/mol. The first kappa shape index (κ1) is 15.0. The van der Waals surface area contributed by atoms with Gasteiger partial charge in [0.2, 0.25) is 0 Å². The van der Waals surface area contributed by atoms with Gasteiger partial charge in [0.25, 0.3) is 0 Å². The summed E-state index contributed by atoms with van der Waals surface area (Å²) in [5, 5.41) is 3.20. The van der Waals surface area contributed by atoms with Gasteiger partial charge in [0.05, 0.1) is 6.61 Å². The molecule has 0 radical (unpaired) electrons. The molecule has 4 nitrogen and oxygen atoms in total. The zero-order valence-corrected chi connectivity index (χ0v) is 11.9. The Morgan fingerprint density at radius 2 is 2.11 bits per heavy atom. The van der Waals surface area contributed by atoms with E-state index in [1.165, 1.54) is 0 Å². The average Bonchev–Trinajstić information content (AvgIpc) is 2.38. The standard InChI is InChI=1S/C13H20N2O2S/c1-4-15-13(3,12(16)17-5-2)10-18-11-6-8-14-9-7-11/h6-9,15H,4-5,10H2,1-3H3. The summed E-state index contributed by atoms with van der Waals surface area (Å²) in [6.45, 7) is 6.81. The number of nitrogens with zero attached hydrogens (tertiary/aromatic N) is 1. The summed E-state index contributed by atoms with van der Waals surface area (Å²) in [5.41, 5.74) is -0.654. The molecule has 1 unspecified atom stereocenters. The minimum atomic E-state index is -0.654. The predicted octanol–water partition coefficient (Wildman–Crippen LogP) is 2.10. The van der Waals surface area contributed by atoms with E-state index >= 15 is 0 Å². The maximum atomic E-state index is 12.0. The lowest BCUT2D eigenvalue weighted by atomic mass is 10.1. The van der Waals surface area contributed by atoms with Crippen molar-refractivity contribution in [3.63, 3.8) is 0 Å². The third-order valence-corrected chi connectivity index (χ3v) is 3.80. The molecule has 0 saturated carbocycles. The maximum Gasteiger partial charge on any atom is 0.326 e. The number of ether oxygens (including phenoxy) is 1. The van der Waals surface area contributed by atoms with Crippen molar-refractivity contribution >= 4 is 17.7 Å². The van der Waals surface area contributed by atoms with E-state index in [4.69, 9.17) is 4.74 Å². The molecule has 1 N–H and O–H groups in total. The minimum Gasteiger partial charge on any atom is -0.465 e. The SMILES string of the molecule is CCNC(C)(CSc1ccncc1)C(=O)OCC. The summed E-state index contributed by atoms with van der Waals surface area (Å²) in [5.74, 6) is 0.428. The van der Waals surface area contributed by atoms with E-state index in [0.717, 1.165) is 11.4 Å². The Kier molecular flexibility index (Phi) is 6.15.